The first kappa shape index (κ1) is 13.3. The molecular weight excluding hydrogens is 250 g/mol. The lowest BCUT2D eigenvalue weighted by Crippen LogP contribution is -2.45. The van der Waals surface area contributed by atoms with Gasteiger partial charge in [-0.05, 0) is 25.7 Å². The van der Waals surface area contributed by atoms with E-state index in [0.717, 1.165) is 31.6 Å². The highest BCUT2D eigenvalue weighted by molar-refractivity contribution is 7.07. The number of piperidine rings is 1. The van der Waals surface area contributed by atoms with E-state index in [1.165, 1.54) is 11.3 Å². The molecule has 2 heterocycles. The van der Waals surface area contributed by atoms with Crippen LogP contribution in [0.15, 0.2) is 10.9 Å². The molecule has 0 bridgehead atoms. The molecule has 1 aromatic rings. The lowest BCUT2D eigenvalue weighted by Gasteiger charge is -2.33. The number of likely N-dealkylation sites (tertiary alicyclic amines) is 1. The molecule has 6 heteroatoms. The van der Waals surface area contributed by atoms with Gasteiger partial charge in [0.2, 0.25) is 0 Å². The second-order valence-electron chi connectivity index (χ2n) is 4.70. The van der Waals surface area contributed by atoms with Crippen LogP contribution >= 0.6 is 11.3 Å². The minimum Gasteiger partial charge on any atom is -0.393 e. The fourth-order valence-electron chi connectivity index (χ4n) is 2.19. The van der Waals surface area contributed by atoms with Crippen molar-refractivity contribution in [3.8, 4) is 0 Å². The average molecular weight is 269 g/mol. The zero-order valence-corrected chi connectivity index (χ0v) is 11.3. The molecule has 0 saturated carbocycles. The SMILES string of the molecule is CC(O)C1CCN(C(=O)NCc2cscn2)CC1. The largest absolute Gasteiger partial charge is 0.393 e. The van der Waals surface area contributed by atoms with Gasteiger partial charge in [-0.1, -0.05) is 0 Å². The number of hydrogen-bond donors (Lipinski definition) is 2. The maximum absolute atomic E-state index is 11.9. The predicted molar refractivity (Wildman–Crippen MR) is 70.3 cm³/mol. The van der Waals surface area contributed by atoms with Crippen LogP contribution in [0.25, 0.3) is 0 Å². The molecule has 18 heavy (non-hydrogen) atoms. The van der Waals surface area contributed by atoms with E-state index in [1.807, 2.05) is 17.2 Å². The highest BCUT2D eigenvalue weighted by atomic mass is 32.1. The van der Waals surface area contributed by atoms with Crippen LogP contribution in [-0.4, -0.2) is 40.2 Å². The lowest BCUT2D eigenvalue weighted by atomic mass is 9.92. The number of aliphatic hydroxyl groups is 1. The van der Waals surface area contributed by atoms with Crippen molar-refractivity contribution in [1.82, 2.24) is 15.2 Å². The Balaban J connectivity index is 1.74. The Morgan fingerprint density at radius 1 is 1.67 bits per heavy atom. The molecular formula is C12H19N3O2S. The van der Waals surface area contributed by atoms with Gasteiger partial charge in [0.05, 0.1) is 23.9 Å². The lowest BCUT2D eigenvalue weighted by molar-refractivity contribution is 0.0798. The van der Waals surface area contributed by atoms with Crippen molar-refractivity contribution in [3.63, 3.8) is 0 Å². The number of aliphatic hydroxyl groups excluding tert-OH is 1. The van der Waals surface area contributed by atoms with E-state index in [2.05, 4.69) is 10.3 Å². The van der Waals surface area contributed by atoms with Gasteiger partial charge in [-0.2, -0.15) is 0 Å². The number of urea groups is 1. The number of nitrogens with one attached hydrogen (secondary N) is 1. The minimum absolute atomic E-state index is 0.0351. The fraction of sp³-hybridized carbons (Fsp3) is 0.667. The zero-order valence-electron chi connectivity index (χ0n) is 10.5. The van der Waals surface area contributed by atoms with E-state index in [4.69, 9.17) is 0 Å². The van der Waals surface area contributed by atoms with E-state index < -0.39 is 0 Å². The first-order valence-electron chi connectivity index (χ1n) is 6.24. The summed E-state index contributed by atoms with van der Waals surface area (Å²) in [6.45, 7) is 3.75. The molecule has 1 aliphatic rings. The van der Waals surface area contributed by atoms with Crippen LogP contribution in [0.3, 0.4) is 0 Å². The Bertz CT molecular complexity index is 373. The maximum atomic E-state index is 11.9. The number of rotatable bonds is 3. The molecule has 1 aliphatic heterocycles. The van der Waals surface area contributed by atoms with Gasteiger partial charge in [0.15, 0.2) is 0 Å². The van der Waals surface area contributed by atoms with Crippen LogP contribution in [0.5, 0.6) is 0 Å². The number of carbonyl (C=O) groups excluding carboxylic acids is 1. The third-order valence-corrected chi connectivity index (χ3v) is 4.05. The Morgan fingerprint density at radius 3 is 2.94 bits per heavy atom. The Hall–Kier alpha value is -1.14. The minimum atomic E-state index is -0.273. The van der Waals surface area contributed by atoms with Gasteiger partial charge < -0.3 is 15.3 Å². The Kier molecular flexibility index (Phi) is 4.54. The second-order valence-corrected chi connectivity index (χ2v) is 5.42. The summed E-state index contributed by atoms with van der Waals surface area (Å²) < 4.78 is 0. The molecule has 100 valence electrons. The fourth-order valence-corrected chi connectivity index (χ4v) is 2.75. The summed E-state index contributed by atoms with van der Waals surface area (Å²) in [4.78, 5) is 17.8. The van der Waals surface area contributed by atoms with Crippen LogP contribution in [0.1, 0.15) is 25.5 Å². The Morgan fingerprint density at radius 2 is 2.39 bits per heavy atom. The summed E-state index contributed by atoms with van der Waals surface area (Å²) in [7, 11) is 0. The van der Waals surface area contributed by atoms with Gasteiger partial charge in [0, 0.05) is 18.5 Å². The third kappa shape index (κ3) is 3.43. The van der Waals surface area contributed by atoms with E-state index >= 15 is 0 Å². The van der Waals surface area contributed by atoms with Crippen molar-refractivity contribution in [3.05, 3.63) is 16.6 Å². The van der Waals surface area contributed by atoms with Crippen molar-refractivity contribution in [2.45, 2.75) is 32.4 Å². The number of aromatic nitrogens is 1. The van der Waals surface area contributed by atoms with Gasteiger partial charge in [-0.25, -0.2) is 9.78 Å². The molecule has 1 atom stereocenters. The van der Waals surface area contributed by atoms with E-state index in [0.29, 0.717) is 12.5 Å². The van der Waals surface area contributed by atoms with Gasteiger partial charge in [0.1, 0.15) is 0 Å². The number of amides is 2. The van der Waals surface area contributed by atoms with Crippen molar-refractivity contribution in [1.29, 1.82) is 0 Å². The molecule has 0 aromatic carbocycles. The monoisotopic (exact) mass is 269 g/mol. The smallest absolute Gasteiger partial charge is 0.317 e. The van der Waals surface area contributed by atoms with E-state index in [1.54, 1.807) is 5.51 Å². The number of thiazole rings is 1. The van der Waals surface area contributed by atoms with Crippen molar-refractivity contribution >= 4 is 17.4 Å². The Labute approximate surface area is 111 Å². The van der Waals surface area contributed by atoms with E-state index in [9.17, 15) is 9.90 Å². The van der Waals surface area contributed by atoms with Crippen LogP contribution in [-0.2, 0) is 6.54 Å². The number of hydrogen-bond acceptors (Lipinski definition) is 4. The summed E-state index contributed by atoms with van der Waals surface area (Å²) in [5, 5.41) is 14.3. The second kappa shape index (κ2) is 6.15. The topological polar surface area (TPSA) is 65.5 Å². The molecule has 2 amide bonds. The average Bonchev–Trinajstić information content (AvgIpc) is 2.89. The van der Waals surface area contributed by atoms with Gasteiger partial charge in [0.25, 0.3) is 0 Å². The number of nitrogens with zero attached hydrogens (tertiary/aromatic N) is 2. The first-order valence-corrected chi connectivity index (χ1v) is 7.19. The van der Waals surface area contributed by atoms with Crippen LogP contribution in [0.2, 0.25) is 0 Å². The molecule has 1 fully saturated rings. The molecule has 1 aromatic heterocycles. The summed E-state index contributed by atoms with van der Waals surface area (Å²) in [5.74, 6) is 0.326. The quantitative estimate of drug-likeness (QED) is 0.872. The van der Waals surface area contributed by atoms with E-state index in [-0.39, 0.29) is 12.1 Å². The van der Waals surface area contributed by atoms with Crippen molar-refractivity contribution in [2.24, 2.45) is 5.92 Å². The van der Waals surface area contributed by atoms with Gasteiger partial charge in [-0.3, -0.25) is 0 Å². The molecule has 0 aliphatic carbocycles. The zero-order chi connectivity index (χ0) is 13.0. The molecule has 1 unspecified atom stereocenters. The molecule has 0 radical (unpaired) electrons. The summed E-state index contributed by atoms with van der Waals surface area (Å²) in [5.41, 5.74) is 2.66. The normalized spacial score (nSPS) is 18.7. The molecule has 1 saturated heterocycles. The first-order chi connectivity index (χ1) is 8.66. The summed E-state index contributed by atoms with van der Waals surface area (Å²) in [6.07, 6.45) is 1.48. The van der Waals surface area contributed by atoms with Crippen molar-refractivity contribution < 1.29 is 9.90 Å². The van der Waals surface area contributed by atoms with Crippen LogP contribution < -0.4 is 5.32 Å². The predicted octanol–water partition coefficient (Wildman–Crippen LogP) is 1.45. The summed E-state index contributed by atoms with van der Waals surface area (Å²) in [6, 6.07) is -0.0351. The highest BCUT2D eigenvalue weighted by Crippen LogP contribution is 2.20. The highest BCUT2D eigenvalue weighted by Gasteiger charge is 2.25. The maximum Gasteiger partial charge on any atom is 0.317 e. The van der Waals surface area contributed by atoms with Gasteiger partial charge >= 0.3 is 6.03 Å². The molecule has 0 spiro atoms. The third-order valence-electron chi connectivity index (χ3n) is 3.41. The van der Waals surface area contributed by atoms with Crippen LogP contribution in [0.4, 0.5) is 4.79 Å². The van der Waals surface area contributed by atoms with Crippen LogP contribution in [0, 0.1) is 5.92 Å². The molecule has 5 nitrogen and oxygen atoms in total. The van der Waals surface area contributed by atoms with Crippen molar-refractivity contribution in [2.75, 3.05) is 13.1 Å². The van der Waals surface area contributed by atoms with Gasteiger partial charge in [-0.15, -0.1) is 11.3 Å². The standard InChI is InChI=1S/C12H19N3O2S/c1-9(16)10-2-4-15(5-3-10)12(17)13-6-11-7-18-8-14-11/h7-10,16H,2-6H2,1H3,(H,13,17). The summed E-state index contributed by atoms with van der Waals surface area (Å²) >= 11 is 1.53. The number of carbonyl (C=O) groups is 1. The molecule has 2 N–H and O–H groups in total. The molecule has 2 rings (SSSR count).